The molecule has 0 N–H and O–H groups in total. The Labute approximate surface area is 205 Å². The Morgan fingerprint density at radius 2 is 1.91 bits per heavy atom. The molecule has 0 spiro atoms. The fourth-order valence-corrected chi connectivity index (χ4v) is 4.74. The van der Waals surface area contributed by atoms with E-state index in [-0.39, 0.29) is 12.2 Å². The first-order chi connectivity index (χ1) is 16.0. The van der Waals surface area contributed by atoms with Crippen LogP contribution in [0.2, 0.25) is 5.02 Å². The van der Waals surface area contributed by atoms with Gasteiger partial charge in [-0.1, -0.05) is 48.0 Å². The molecule has 1 aliphatic carbocycles. The highest BCUT2D eigenvalue weighted by atomic mass is 35.5. The molecule has 0 unspecified atom stereocenters. The fraction of sp³-hybridized carbons (Fsp3) is 0.370. The second-order valence-corrected chi connectivity index (χ2v) is 9.85. The lowest BCUT2D eigenvalue weighted by atomic mass is 9.79. The molecule has 0 heterocycles. The van der Waals surface area contributed by atoms with Crippen molar-refractivity contribution < 1.29 is 23.9 Å². The van der Waals surface area contributed by atoms with Crippen molar-refractivity contribution in [1.82, 2.24) is 4.90 Å². The van der Waals surface area contributed by atoms with Crippen LogP contribution in [0.5, 0.6) is 0 Å². The Morgan fingerprint density at radius 1 is 1.24 bits per heavy atom. The molecule has 0 saturated carbocycles. The third-order valence-corrected chi connectivity index (χ3v) is 6.32. The minimum Gasteiger partial charge on any atom is -0.459 e. The first-order valence-electron chi connectivity index (χ1n) is 11.1. The van der Waals surface area contributed by atoms with Gasteiger partial charge in [-0.25, -0.2) is 9.59 Å². The van der Waals surface area contributed by atoms with Gasteiger partial charge in [-0.05, 0) is 62.4 Å². The molecule has 2 aromatic rings. The predicted molar refractivity (Wildman–Crippen MR) is 131 cm³/mol. The molecule has 0 fully saturated rings. The summed E-state index contributed by atoms with van der Waals surface area (Å²) in [6.07, 6.45) is 2.55. The number of hydrogen-bond donors (Lipinski definition) is 0. The van der Waals surface area contributed by atoms with Gasteiger partial charge in [0.15, 0.2) is 11.8 Å². The van der Waals surface area contributed by atoms with E-state index in [9.17, 15) is 14.4 Å². The molecule has 1 amide bonds. The van der Waals surface area contributed by atoms with E-state index < -0.39 is 29.1 Å². The van der Waals surface area contributed by atoms with Gasteiger partial charge < -0.3 is 9.47 Å². The molecular formula is C27H30ClNO5. The summed E-state index contributed by atoms with van der Waals surface area (Å²) in [6, 6.07) is 12.6. The number of carbonyl (C=O) groups is 3. The number of aldehydes is 1. The normalized spacial score (nSPS) is 19.1. The molecule has 0 bridgehead atoms. The fourth-order valence-electron chi connectivity index (χ4n) is 4.51. The summed E-state index contributed by atoms with van der Waals surface area (Å²) < 4.78 is 11.4. The molecule has 0 aromatic heterocycles. The molecule has 2 aromatic carbocycles. The van der Waals surface area contributed by atoms with Crippen LogP contribution < -0.4 is 0 Å². The number of nitrogens with zero attached hydrogens (tertiary/aromatic N) is 1. The number of likely N-dealkylation sites (N-methyl/N-ethyl adjacent to an activating group) is 1. The number of rotatable bonds is 7. The van der Waals surface area contributed by atoms with Gasteiger partial charge in [-0.2, -0.15) is 0 Å². The highest BCUT2D eigenvalue weighted by Crippen LogP contribution is 2.49. The molecule has 0 radical (unpaired) electrons. The van der Waals surface area contributed by atoms with Crippen LogP contribution in [-0.2, 0) is 32.8 Å². The van der Waals surface area contributed by atoms with Gasteiger partial charge in [0, 0.05) is 18.5 Å². The Kier molecular flexibility index (Phi) is 7.51. The zero-order chi connectivity index (χ0) is 25.1. The zero-order valence-electron chi connectivity index (χ0n) is 20.0. The molecule has 7 heteroatoms. The van der Waals surface area contributed by atoms with Gasteiger partial charge in [0.25, 0.3) is 0 Å². The van der Waals surface area contributed by atoms with Gasteiger partial charge in [-0.3, -0.25) is 9.69 Å². The number of esters is 1. The minimum atomic E-state index is -1.52. The monoisotopic (exact) mass is 483 g/mol. The van der Waals surface area contributed by atoms with Crippen LogP contribution in [-0.4, -0.2) is 35.9 Å². The molecule has 2 atom stereocenters. The van der Waals surface area contributed by atoms with Gasteiger partial charge in [0.2, 0.25) is 0 Å². The number of ether oxygens (including phenoxy) is 2. The second kappa shape index (κ2) is 10.0. The Balaban J connectivity index is 2.16. The van der Waals surface area contributed by atoms with Crippen molar-refractivity contribution in [2.45, 2.75) is 51.4 Å². The van der Waals surface area contributed by atoms with E-state index in [1.807, 2.05) is 30.3 Å². The smallest absolute Gasteiger partial charge is 0.411 e. The van der Waals surface area contributed by atoms with Gasteiger partial charge in [0.1, 0.15) is 12.2 Å². The van der Waals surface area contributed by atoms with Gasteiger partial charge in [0.05, 0.1) is 5.02 Å². The number of allylic oxidation sites excluding steroid dienone is 1. The quantitative estimate of drug-likeness (QED) is 0.286. The summed E-state index contributed by atoms with van der Waals surface area (Å²) >= 11 is 6.30. The molecule has 3 rings (SSSR count). The number of carbonyl (C=O) groups excluding carboxylic acids is 3. The molecule has 1 aliphatic rings. The third-order valence-electron chi connectivity index (χ3n) is 5.99. The second-order valence-electron chi connectivity index (χ2n) is 9.44. The maximum Gasteiger partial charge on any atom is 0.411 e. The highest BCUT2D eigenvalue weighted by molar-refractivity contribution is 6.33. The summed E-state index contributed by atoms with van der Waals surface area (Å²) in [5.41, 5.74) is 0.0330. The van der Waals surface area contributed by atoms with Crippen LogP contribution in [0, 0.1) is 5.92 Å². The summed E-state index contributed by atoms with van der Waals surface area (Å²) in [6.45, 7) is 9.16. The number of amides is 1. The van der Waals surface area contributed by atoms with Crippen molar-refractivity contribution in [3.05, 3.63) is 82.4 Å². The van der Waals surface area contributed by atoms with Crippen molar-refractivity contribution in [2.24, 2.45) is 5.92 Å². The van der Waals surface area contributed by atoms with Crippen molar-refractivity contribution >= 4 is 29.9 Å². The van der Waals surface area contributed by atoms with E-state index in [0.29, 0.717) is 29.7 Å². The number of benzene rings is 2. The maximum atomic E-state index is 14.0. The molecule has 180 valence electrons. The molecule has 0 aliphatic heterocycles. The lowest BCUT2D eigenvalue weighted by Crippen LogP contribution is -2.57. The van der Waals surface area contributed by atoms with Crippen LogP contribution in [0.3, 0.4) is 0 Å². The molecule has 34 heavy (non-hydrogen) atoms. The standard InChI is InChI=1S/C27H30ClNO5/c1-6-10-21-13-19-15-23(28)20(16-30)14-22(19)27(21,29(5)25(32)34-26(2,3)4)24(31)33-17-18-11-8-7-9-12-18/h6-9,11-12,14-16,21H,1,10,13,17H2,2-5H3/t21-,27+/m0/s1. The van der Waals surface area contributed by atoms with Gasteiger partial charge >= 0.3 is 12.1 Å². The van der Waals surface area contributed by atoms with Crippen LogP contribution in [0.4, 0.5) is 4.79 Å². The topological polar surface area (TPSA) is 72.9 Å². The molecule has 6 nitrogen and oxygen atoms in total. The predicted octanol–water partition coefficient (Wildman–Crippen LogP) is 5.71. The largest absolute Gasteiger partial charge is 0.459 e. The number of fused-ring (bicyclic) bond motifs is 1. The van der Waals surface area contributed by atoms with E-state index in [4.69, 9.17) is 21.1 Å². The van der Waals surface area contributed by atoms with E-state index in [2.05, 4.69) is 6.58 Å². The number of halogens is 1. The SMILES string of the molecule is C=CC[C@H]1Cc2cc(Cl)c(C=O)cc2[C@]1(C(=O)OCc1ccccc1)N(C)C(=O)OC(C)(C)C. The summed E-state index contributed by atoms with van der Waals surface area (Å²) in [5, 5.41) is 0.291. The van der Waals surface area contributed by atoms with Crippen molar-refractivity contribution in [1.29, 1.82) is 0 Å². The lowest BCUT2D eigenvalue weighted by molar-refractivity contribution is -0.163. The zero-order valence-corrected chi connectivity index (χ0v) is 20.7. The average Bonchev–Trinajstić information content (AvgIpc) is 3.09. The van der Waals surface area contributed by atoms with E-state index in [0.717, 1.165) is 11.1 Å². The Morgan fingerprint density at radius 3 is 2.50 bits per heavy atom. The average molecular weight is 484 g/mol. The molecular weight excluding hydrogens is 454 g/mol. The highest BCUT2D eigenvalue weighted by Gasteiger charge is 2.58. The first kappa shape index (κ1) is 25.5. The van der Waals surface area contributed by atoms with E-state index in [1.54, 1.807) is 39.0 Å². The minimum absolute atomic E-state index is 0.0356. The molecule has 0 saturated heterocycles. The Hall–Kier alpha value is -3.12. The number of hydrogen-bond acceptors (Lipinski definition) is 5. The lowest BCUT2D eigenvalue weighted by Gasteiger charge is -2.42. The van der Waals surface area contributed by atoms with Crippen molar-refractivity contribution in [3.8, 4) is 0 Å². The summed E-state index contributed by atoms with van der Waals surface area (Å²) in [4.78, 5) is 40.2. The maximum absolute atomic E-state index is 14.0. The Bertz CT molecular complexity index is 1090. The van der Waals surface area contributed by atoms with Crippen molar-refractivity contribution in [2.75, 3.05) is 7.05 Å². The van der Waals surface area contributed by atoms with E-state index in [1.165, 1.54) is 11.9 Å². The summed E-state index contributed by atoms with van der Waals surface area (Å²) in [5.74, 6) is -0.992. The van der Waals surface area contributed by atoms with E-state index >= 15 is 0 Å². The van der Waals surface area contributed by atoms with Crippen LogP contribution in [0.25, 0.3) is 0 Å². The van der Waals surface area contributed by atoms with Crippen LogP contribution in [0.1, 0.15) is 54.2 Å². The van der Waals surface area contributed by atoms with Crippen molar-refractivity contribution in [3.63, 3.8) is 0 Å². The van der Waals surface area contributed by atoms with Gasteiger partial charge in [-0.15, -0.1) is 6.58 Å². The first-order valence-corrected chi connectivity index (χ1v) is 11.5. The van der Waals surface area contributed by atoms with Crippen LogP contribution >= 0.6 is 11.6 Å². The third kappa shape index (κ3) is 4.87. The van der Waals surface area contributed by atoms with Crippen LogP contribution in [0.15, 0.2) is 55.1 Å². The summed E-state index contributed by atoms with van der Waals surface area (Å²) in [7, 11) is 1.53.